The summed E-state index contributed by atoms with van der Waals surface area (Å²) in [4.78, 5) is 11.5. The molecular formula is C10H22N2O2. The van der Waals surface area contributed by atoms with Crippen LogP contribution in [0.1, 0.15) is 27.7 Å². The predicted octanol–water partition coefficient (Wildman–Crippen LogP) is 0.511. The Morgan fingerprint density at radius 3 is 2.36 bits per heavy atom. The van der Waals surface area contributed by atoms with E-state index >= 15 is 0 Å². The maximum absolute atomic E-state index is 11.5. The first-order chi connectivity index (χ1) is 6.29. The third-order valence-electron chi connectivity index (χ3n) is 2.18. The summed E-state index contributed by atoms with van der Waals surface area (Å²) < 4.78 is 5.01. The van der Waals surface area contributed by atoms with Gasteiger partial charge in [-0.25, -0.2) is 0 Å². The molecule has 0 heterocycles. The van der Waals surface area contributed by atoms with Crippen molar-refractivity contribution in [2.45, 2.75) is 39.8 Å². The van der Waals surface area contributed by atoms with Gasteiger partial charge in [-0.3, -0.25) is 4.79 Å². The number of ether oxygens (including phenoxy) is 1. The Morgan fingerprint density at radius 2 is 2.00 bits per heavy atom. The molecule has 0 aromatic rings. The zero-order chi connectivity index (χ0) is 11.4. The van der Waals surface area contributed by atoms with Crippen molar-refractivity contribution in [3.63, 3.8) is 0 Å². The molecule has 14 heavy (non-hydrogen) atoms. The van der Waals surface area contributed by atoms with E-state index in [1.807, 2.05) is 27.7 Å². The Morgan fingerprint density at radius 1 is 1.50 bits per heavy atom. The summed E-state index contributed by atoms with van der Waals surface area (Å²) in [5.74, 6) is -0.124. The Kier molecular flexibility index (Phi) is 5.08. The first-order valence-corrected chi connectivity index (χ1v) is 4.85. The summed E-state index contributed by atoms with van der Waals surface area (Å²) in [6.45, 7) is 8.22. The molecule has 84 valence electrons. The number of amides is 1. The van der Waals surface area contributed by atoms with E-state index in [9.17, 15) is 4.79 Å². The lowest BCUT2D eigenvalue weighted by molar-refractivity contribution is -0.125. The Bertz CT molecular complexity index is 187. The van der Waals surface area contributed by atoms with E-state index in [1.54, 1.807) is 7.11 Å². The highest BCUT2D eigenvalue weighted by atomic mass is 16.5. The van der Waals surface area contributed by atoms with Crippen molar-refractivity contribution >= 4 is 5.91 Å². The van der Waals surface area contributed by atoms with Crippen molar-refractivity contribution in [2.75, 3.05) is 13.7 Å². The number of hydrogen-bond donors (Lipinski definition) is 2. The van der Waals surface area contributed by atoms with Gasteiger partial charge in [-0.1, -0.05) is 20.8 Å². The average Bonchev–Trinajstić information content (AvgIpc) is 2.10. The topological polar surface area (TPSA) is 64.3 Å². The van der Waals surface area contributed by atoms with E-state index in [0.717, 1.165) is 0 Å². The van der Waals surface area contributed by atoms with Crippen LogP contribution < -0.4 is 11.1 Å². The van der Waals surface area contributed by atoms with Gasteiger partial charge in [0.05, 0.1) is 12.1 Å². The zero-order valence-electron chi connectivity index (χ0n) is 9.76. The van der Waals surface area contributed by atoms with E-state index in [4.69, 9.17) is 10.5 Å². The molecule has 3 N–H and O–H groups in total. The second-order valence-corrected chi connectivity index (χ2v) is 4.64. The fourth-order valence-corrected chi connectivity index (χ4v) is 0.831. The molecule has 0 bridgehead atoms. The van der Waals surface area contributed by atoms with Crippen molar-refractivity contribution in [2.24, 2.45) is 11.1 Å². The van der Waals surface area contributed by atoms with Crippen LogP contribution in [0.15, 0.2) is 0 Å². The number of hydrogen-bond acceptors (Lipinski definition) is 3. The summed E-state index contributed by atoms with van der Waals surface area (Å²) in [6.07, 6.45) is 0.0196. The van der Waals surface area contributed by atoms with E-state index in [2.05, 4.69) is 5.32 Å². The van der Waals surface area contributed by atoms with Gasteiger partial charge in [-0.05, 0) is 12.3 Å². The summed E-state index contributed by atoms with van der Waals surface area (Å²) >= 11 is 0. The summed E-state index contributed by atoms with van der Waals surface area (Å²) in [6, 6.07) is -0.480. The monoisotopic (exact) mass is 202 g/mol. The maximum Gasteiger partial charge on any atom is 0.237 e. The first-order valence-electron chi connectivity index (χ1n) is 4.85. The number of carbonyl (C=O) groups is 1. The molecular weight excluding hydrogens is 180 g/mol. The molecule has 0 saturated carbocycles. The van der Waals surface area contributed by atoms with Gasteiger partial charge in [0.1, 0.15) is 0 Å². The van der Waals surface area contributed by atoms with Crippen LogP contribution in [0.25, 0.3) is 0 Å². The van der Waals surface area contributed by atoms with E-state index in [0.29, 0.717) is 6.54 Å². The Balaban J connectivity index is 3.97. The van der Waals surface area contributed by atoms with Crippen molar-refractivity contribution in [1.82, 2.24) is 5.32 Å². The van der Waals surface area contributed by atoms with Crippen LogP contribution >= 0.6 is 0 Å². The fourth-order valence-electron chi connectivity index (χ4n) is 0.831. The third-order valence-corrected chi connectivity index (χ3v) is 2.18. The predicted molar refractivity (Wildman–Crippen MR) is 56.9 cm³/mol. The SMILES string of the molecule is COC(C)CNC(=O)[C@@H](N)C(C)(C)C. The maximum atomic E-state index is 11.5. The minimum Gasteiger partial charge on any atom is -0.380 e. The zero-order valence-corrected chi connectivity index (χ0v) is 9.76. The van der Waals surface area contributed by atoms with Crippen molar-refractivity contribution < 1.29 is 9.53 Å². The fraction of sp³-hybridized carbons (Fsp3) is 0.900. The number of rotatable bonds is 4. The molecule has 0 aliphatic rings. The molecule has 1 unspecified atom stereocenters. The molecule has 0 rings (SSSR count). The van der Waals surface area contributed by atoms with Crippen LogP contribution in [0.4, 0.5) is 0 Å². The van der Waals surface area contributed by atoms with Crippen LogP contribution in [0.2, 0.25) is 0 Å². The van der Waals surface area contributed by atoms with Crippen LogP contribution in [0.3, 0.4) is 0 Å². The van der Waals surface area contributed by atoms with Crippen LogP contribution in [0, 0.1) is 5.41 Å². The minimum absolute atomic E-state index is 0.0196. The Hall–Kier alpha value is -0.610. The standard InChI is InChI=1S/C10H22N2O2/c1-7(14-5)6-12-9(13)8(11)10(2,3)4/h7-8H,6,11H2,1-5H3,(H,12,13)/t7?,8-/m1/s1. The van der Waals surface area contributed by atoms with Crippen molar-refractivity contribution in [1.29, 1.82) is 0 Å². The molecule has 4 nitrogen and oxygen atoms in total. The van der Waals surface area contributed by atoms with Gasteiger partial charge in [-0.2, -0.15) is 0 Å². The second kappa shape index (κ2) is 5.32. The highest BCUT2D eigenvalue weighted by Crippen LogP contribution is 2.16. The molecule has 0 aromatic carbocycles. The van der Waals surface area contributed by atoms with Gasteiger partial charge in [0.25, 0.3) is 0 Å². The lowest BCUT2D eigenvalue weighted by atomic mass is 9.87. The molecule has 0 aliphatic heterocycles. The smallest absolute Gasteiger partial charge is 0.237 e. The van der Waals surface area contributed by atoms with Crippen molar-refractivity contribution in [3.8, 4) is 0 Å². The third kappa shape index (κ3) is 4.58. The second-order valence-electron chi connectivity index (χ2n) is 4.64. The molecule has 2 atom stereocenters. The van der Waals surface area contributed by atoms with Crippen LogP contribution in [-0.2, 0) is 9.53 Å². The molecule has 0 radical (unpaired) electrons. The Labute approximate surface area is 86.2 Å². The number of carbonyl (C=O) groups excluding carboxylic acids is 1. The number of methoxy groups -OCH3 is 1. The molecule has 0 saturated heterocycles. The van der Waals surface area contributed by atoms with Gasteiger partial charge in [0, 0.05) is 13.7 Å². The highest BCUT2D eigenvalue weighted by molar-refractivity contribution is 5.82. The number of nitrogens with one attached hydrogen (secondary N) is 1. The van der Waals surface area contributed by atoms with Gasteiger partial charge < -0.3 is 15.8 Å². The van der Waals surface area contributed by atoms with E-state index in [-0.39, 0.29) is 17.4 Å². The number of nitrogens with two attached hydrogens (primary N) is 1. The molecule has 0 fully saturated rings. The lowest BCUT2D eigenvalue weighted by Gasteiger charge is -2.26. The summed E-state index contributed by atoms with van der Waals surface area (Å²) in [5.41, 5.74) is 5.56. The molecule has 0 aliphatic carbocycles. The minimum atomic E-state index is -0.480. The van der Waals surface area contributed by atoms with Crippen LogP contribution in [-0.4, -0.2) is 31.7 Å². The lowest BCUT2D eigenvalue weighted by Crippen LogP contribution is -2.49. The van der Waals surface area contributed by atoms with E-state index < -0.39 is 6.04 Å². The van der Waals surface area contributed by atoms with Gasteiger partial charge in [0.15, 0.2) is 0 Å². The van der Waals surface area contributed by atoms with Gasteiger partial charge in [0.2, 0.25) is 5.91 Å². The normalized spacial score (nSPS) is 16.1. The highest BCUT2D eigenvalue weighted by Gasteiger charge is 2.27. The first kappa shape index (κ1) is 13.4. The van der Waals surface area contributed by atoms with E-state index in [1.165, 1.54) is 0 Å². The largest absolute Gasteiger partial charge is 0.380 e. The van der Waals surface area contributed by atoms with Gasteiger partial charge in [-0.15, -0.1) is 0 Å². The summed E-state index contributed by atoms with van der Waals surface area (Å²) in [5, 5.41) is 2.75. The molecule has 0 spiro atoms. The van der Waals surface area contributed by atoms with Crippen molar-refractivity contribution in [3.05, 3.63) is 0 Å². The van der Waals surface area contributed by atoms with Gasteiger partial charge >= 0.3 is 0 Å². The molecule has 1 amide bonds. The van der Waals surface area contributed by atoms with Crippen LogP contribution in [0.5, 0.6) is 0 Å². The molecule has 0 aromatic heterocycles. The molecule has 4 heteroatoms. The summed E-state index contributed by atoms with van der Waals surface area (Å²) in [7, 11) is 1.61. The quantitative estimate of drug-likeness (QED) is 0.698. The average molecular weight is 202 g/mol.